The van der Waals surface area contributed by atoms with E-state index in [4.69, 9.17) is 0 Å². The number of urea groups is 1. The van der Waals surface area contributed by atoms with Crippen LogP contribution in [-0.2, 0) is 6.42 Å². The molecule has 0 fully saturated rings. The molecule has 0 saturated carbocycles. The van der Waals surface area contributed by atoms with Crippen LogP contribution < -0.4 is 20.9 Å². The third-order valence-electron chi connectivity index (χ3n) is 3.81. The van der Waals surface area contributed by atoms with Crippen molar-refractivity contribution < 1.29 is 4.79 Å². The second-order valence-electron chi connectivity index (χ2n) is 5.44. The van der Waals surface area contributed by atoms with Gasteiger partial charge in [-0.3, -0.25) is 4.99 Å². The van der Waals surface area contributed by atoms with E-state index in [-0.39, 0.29) is 6.03 Å². The highest BCUT2D eigenvalue weighted by Gasteiger charge is 2.20. The first kappa shape index (κ1) is 14.4. The van der Waals surface area contributed by atoms with E-state index in [1.807, 2.05) is 19.2 Å². The van der Waals surface area contributed by atoms with Gasteiger partial charge in [0.2, 0.25) is 0 Å². The summed E-state index contributed by atoms with van der Waals surface area (Å²) < 4.78 is 0. The molecule has 2 heterocycles. The minimum absolute atomic E-state index is 0.166. The van der Waals surface area contributed by atoms with Crippen molar-refractivity contribution in [3.8, 4) is 0 Å². The Morgan fingerprint density at radius 3 is 3.14 bits per heavy atom. The smallest absolute Gasteiger partial charge is 0.319 e. The quantitative estimate of drug-likeness (QED) is 0.793. The largest absolute Gasteiger partial charge is 0.367 e. The van der Waals surface area contributed by atoms with Gasteiger partial charge in [0.05, 0.1) is 12.9 Å². The van der Waals surface area contributed by atoms with Crippen LogP contribution in [0.4, 0.5) is 16.2 Å². The topological polar surface area (TPSA) is 68.8 Å². The average molecular weight is 299 g/mol. The molecule has 3 rings (SSSR count). The van der Waals surface area contributed by atoms with Gasteiger partial charge in [0.25, 0.3) is 0 Å². The second-order valence-corrected chi connectivity index (χ2v) is 5.44. The molecular weight excluding hydrogens is 278 g/mol. The minimum atomic E-state index is -0.166. The Labute approximate surface area is 130 Å². The zero-order chi connectivity index (χ0) is 15.4. The molecule has 22 heavy (non-hydrogen) atoms. The van der Waals surface area contributed by atoms with E-state index in [1.54, 1.807) is 6.34 Å². The molecule has 2 aliphatic heterocycles. The molecule has 6 nitrogen and oxygen atoms in total. The maximum atomic E-state index is 11.6. The number of carbonyl (C=O) groups excluding carboxylic acids is 1. The zero-order valence-electron chi connectivity index (χ0n) is 12.7. The van der Waals surface area contributed by atoms with Gasteiger partial charge in [-0.15, -0.1) is 0 Å². The molecule has 0 spiro atoms. The maximum Gasteiger partial charge on any atom is 0.319 e. The fourth-order valence-corrected chi connectivity index (χ4v) is 2.78. The fraction of sp³-hybridized carbons (Fsp3) is 0.375. The van der Waals surface area contributed by atoms with E-state index in [9.17, 15) is 4.79 Å². The third kappa shape index (κ3) is 3.21. The highest BCUT2D eigenvalue weighted by atomic mass is 16.2. The Morgan fingerprint density at radius 1 is 1.45 bits per heavy atom. The van der Waals surface area contributed by atoms with Gasteiger partial charge < -0.3 is 20.9 Å². The van der Waals surface area contributed by atoms with E-state index in [1.165, 1.54) is 16.8 Å². The van der Waals surface area contributed by atoms with Crippen molar-refractivity contribution in [3.05, 3.63) is 35.5 Å². The second kappa shape index (κ2) is 6.51. The monoisotopic (exact) mass is 299 g/mol. The summed E-state index contributed by atoms with van der Waals surface area (Å²) in [5, 5.41) is 8.65. The van der Waals surface area contributed by atoms with Gasteiger partial charge in [-0.1, -0.05) is 6.07 Å². The first-order chi connectivity index (χ1) is 10.8. The summed E-state index contributed by atoms with van der Waals surface area (Å²) in [7, 11) is 0. The number of benzene rings is 1. The van der Waals surface area contributed by atoms with Crippen LogP contribution in [0.25, 0.3) is 0 Å². The summed E-state index contributed by atoms with van der Waals surface area (Å²) in [5.74, 6) is 0. The number of nitrogens with zero attached hydrogens (tertiary/aromatic N) is 2. The molecule has 1 aromatic rings. The summed E-state index contributed by atoms with van der Waals surface area (Å²) in [4.78, 5) is 18.2. The Morgan fingerprint density at radius 2 is 2.36 bits per heavy atom. The van der Waals surface area contributed by atoms with E-state index >= 15 is 0 Å². The maximum absolute atomic E-state index is 11.6. The molecule has 116 valence electrons. The van der Waals surface area contributed by atoms with Gasteiger partial charge in [0.1, 0.15) is 0 Å². The van der Waals surface area contributed by atoms with Gasteiger partial charge in [0.15, 0.2) is 0 Å². The van der Waals surface area contributed by atoms with E-state index in [0.29, 0.717) is 6.54 Å². The molecule has 0 aliphatic carbocycles. The molecule has 2 aliphatic rings. The van der Waals surface area contributed by atoms with Crippen molar-refractivity contribution >= 4 is 23.7 Å². The van der Waals surface area contributed by atoms with E-state index in [0.717, 1.165) is 31.7 Å². The number of rotatable bonds is 4. The van der Waals surface area contributed by atoms with Crippen molar-refractivity contribution in [3.63, 3.8) is 0 Å². The predicted molar refractivity (Wildman–Crippen MR) is 89.6 cm³/mol. The molecule has 0 unspecified atom stereocenters. The van der Waals surface area contributed by atoms with Crippen LogP contribution in [0, 0.1) is 0 Å². The Bertz CT molecular complexity index is 623. The number of fused-ring (bicyclic) bond motifs is 1. The third-order valence-corrected chi connectivity index (χ3v) is 3.81. The van der Waals surface area contributed by atoms with Gasteiger partial charge in [0, 0.05) is 37.2 Å². The van der Waals surface area contributed by atoms with Crippen LogP contribution in [0.1, 0.15) is 12.5 Å². The van der Waals surface area contributed by atoms with Crippen LogP contribution in [0.15, 0.2) is 35.0 Å². The average Bonchev–Trinajstić information content (AvgIpc) is 2.91. The highest BCUT2D eigenvalue weighted by Crippen LogP contribution is 2.31. The van der Waals surface area contributed by atoms with Gasteiger partial charge in [-0.05, 0) is 36.6 Å². The lowest BCUT2D eigenvalue weighted by Gasteiger charge is -2.22. The number of anilines is 2. The molecule has 3 N–H and O–H groups in total. The van der Waals surface area contributed by atoms with Gasteiger partial charge in [-0.25, -0.2) is 4.79 Å². The zero-order valence-corrected chi connectivity index (χ0v) is 12.7. The number of amides is 2. The number of carbonyl (C=O) groups is 1. The molecular formula is C16H21N5O. The summed E-state index contributed by atoms with van der Waals surface area (Å²) >= 11 is 0. The van der Waals surface area contributed by atoms with Crippen molar-refractivity contribution in [2.75, 3.05) is 36.4 Å². The minimum Gasteiger partial charge on any atom is -0.367 e. The summed E-state index contributed by atoms with van der Waals surface area (Å²) in [5.41, 5.74) is 4.61. The van der Waals surface area contributed by atoms with Crippen molar-refractivity contribution in [2.45, 2.75) is 13.3 Å². The molecule has 0 radical (unpaired) electrons. The van der Waals surface area contributed by atoms with Crippen LogP contribution in [0.2, 0.25) is 0 Å². The van der Waals surface area contributed by atoms with Crippen LogP contribution in [-0.4, -0.2) is 38.5 Å². The van der Waals surface area contributed by atoms with E-state index < -0.39 is 0 Å². The summed E-state index contributed by atoms with van der Waals surface area (Å²) in [6.45, 7) is 5.13. The number of nitrogens with one attached hydrogen (secondary N) is 3. The van der Waals surface area contributed by atoms with Crippen molar-refractivity contribution in [1.29, 1.82) is 0 Å². The molecule has 0 bridgehead atoms. The summed E-state index contributed by atoms with van der Waals surface area (Å²) in [6.07, 6.45) is 4.78. The number of hydrogen-bond donors (Lipinski definition) is 3. The molecule has 0 aromatic heterocycles. The molecule has 1 aromatic carbocycles. The number of aliphatic imine (C=N–C) groups is 1. The number of hydrogen-bond acceptors (Lipinski definition) is 4. The molecule has 0 saturated heterocycles. The molecule has 0 atom stereocenters. The Hall–Kier alpha value is -2.50. The van der Waals surface area contributed by atoms with Crippen LogP contribution in [0.3, 0.4) is 0 Å². The fourth-order valence-electron chi connectivity index (χ4n) is 2.78. The lowest BCUT2D eigenvalue weighted by atomic mass is 10.1. The first-order valence-corrected chi connectivity index (χ1v) is 7.61. The normalized spacial score (nSPS) is 15.9. The van der Waals surface area contributed by atoms with Crippen molar-refractivity contribution in [2.24, 2.45) is 4.99 Å². The first-order valence-electron chi connectivity index (χ1n) is 7.61. The van der Waals surface area contributed by atoms with Gasteiger partial charge in [-0.2, -0.15) is 0 Å². The van der Waals surface area contributed by atoms with Gasteiger partial charge >= 0.3 is 6.03 Å². The Kier molecular flexibility index (Phi) is 4.27. The Balaban J connectivity index is 1.71. The van der Waals surface area contributed by atoms with Crippen LogP contribution in [0.5, 0.6) is 0 Å². The van der Waals surface area contributed by atoms with Crippen LogP contribution >= 0.6 is 0 Å². The molecule has 2 amide bonds. The lowest BCUT2D eigenvalue weighted by Crippen LogP contribution is -2.28. The SMILES string of the molecule is CCNC(=O)Nc1ccc2c(c1)N(CC1=CNC=NC1)CC2. The summed E-state index contributed by atoms with van der Waals surface area (Å²) in [6, 6.07) is 5.95. The van der Waals surface area contributed by atoms with Crippen molar-refractivity contribution in [1.82, 2.24) is 10.6 Å². The standard InChI is InChI=1S/C16H21N5O/c1-2-19-16(22)20-14-4-3-13-5-6-21(15(13)7-14)10-12-8-17-11-18-9-12/h3-4,7-8,11H,2,5-6,9-10H2,1H3,(H,17,18)(H2,19,20,22). The molecule has 6 heteroatoms. The van der Waals surface area contributed by atoms with E-state index in [2.05, 4.69) is 38.0 Å². The lowest BCUT2D eigenvalue weighted by molar-refractivity contribution is 0.252. The highest BCUT2D eigenvalue weighted by molar-refractivity contribution is 5.90. The predicted octanol–water partition coefficient (Wildman–Crippen LogP) is 1.71.